The van der Waals surface area contributed by atoms with E-state index in [1.165, 1.54) is 7.05 Å². The Kier molecular flexibility index (Phi) is 7.69. The van der Waals surface area contributed by atoms with Gasteiger partial charge in [0.1, 0.15) is 12.4 Å². The number of thiophene rings is 1. The zero-order valence-corrected chi connectivity index (χ0v) is 13.9. The summed E-state index contributed by atoms with van der Waals surface area (Å²) >= 11 is 4.97. The van der Waals surface area contributed by atoms with Gasteiger partial charge in [0, 0.05) is 21.5 Å². The Morgan fingerprint density at radius 3 is 2.76 bits per heavy atom. The van der Waals surface area contributed by atoms with Gasteiger partial charge in [-0.2, -0.15) is 5.26 Å². The van der Waals surface area contributed by atoms with Crippen molar-refractivity contribution in [1.29, 1.82) is 5.26 Å². The van der Waals surface area contributed by atoms with Crippen LogP contribution in [-0.4, -0.2) is 19.4 Å². The minimum absolute atomic E-state index is 0.265. The average Bonchev–Trinajstić information content (AvgIpc) is 3.02. The third kappa shape index (κ3) is 5.31. The van der Waals surface area contributed by atoms with Crippen molar-refractivity contribution in [2.24, 2.45) is 5.73 Å². The van der Waals surface area contributed by atoms with Gasteiger partial charge in [0.05, 0.1) is 11.6 Å². The first-order valence-electron chi connectivity index (χ1n) is 6.24. The lowest BCUT2D eigenvalue weighted by atomic mass is 10.1. The summed E-state index contributed by atoms with van der Waals surface area (Å²) in [5.74, 6) is 0. The molecule has 0 spiro atoms. The molecule has 0 aliphatic carbocycles. The van der Waals surface area contributed by atoms with E-state index in [1.807, 2.05) is 23.6 Å². The van der Waals surface area contributed by atoms with Crippen LogP contribution >= 0.6 is 27.3 Å². The highest BCUT2D eigenvalue weighted by molar-refractivity contribution is 9.10. The van der Waals surface area contributed by atoms with Crippen molar-refractivity contribution in [3.8, 4) is 6.07 Å². The number of halogens is 1. The van der Waals surface area contributed by atoms with E-state index in [0.29, 0.717) is 12.0 Å². The third-order valence-corrected chi connectivity index (χ3v) is 4.16. The molecular weight excluding hydrogens is 350 g/mol. The number of carbonyl (C=O) groups is 1. The summed E-state index contributed by atoms with van der Waals surface area (Å²) in [4.78, 5) is 12.3. The van der Waals surface area contributed by atoms with Crippen LogP contribution in [0.2, 0.25) is 0 Å². The van der Waals surface area contributed by atoms with Crippen LogP contribution in [0.1, 0.15) is 10.4 Å². The lowest BCUT2D eigenvalue weighted by molar-refractivity contribution is -0.108. The average molecular weight is 366 g/mol. The summed E-state index contributed by atoms with van der Waals surface area (Å²) < 4.78 is 0.723. The monoisotopic (exact) mass is 365 g/mol. The molecule has 0 saturated carbocycles. The number of nitrogens with two attached hydrogens (primary N) is 1. The maximum absolute atomic E-state index is 11.1. The van der Waals surface area contributed by atoms with Crippen LogP contribution in [0.3, 0.4) is 0 Å². The van der Waals surface area contributed by atoms with Crippen LogP contribution in [0.5, 0.6) is 0 Å². The van der Waals surface area contributed by atoms with Gasteiger partial charge in [0.15, 0.2) is 0 Å². The van der Waals surface area contributed by atoms with Crippen molar-refractivity contribution in [3.63, 3.8) is 0 Å². The van der Waals surface area contributed by atoms with Gasteiger partial charge in [0.2, 0.25) is 0 Å². The lowest BCUT2D eigenvalue weighted by Crippen LogP contribution is -2.23. The number of anilines is 1. The van der Waals surface area contributed by atoms with Crippen LogP contribution in [0, 0.1) is 11.3 Å². The molecule has 0 unspecified atom stereocenters. The van der Waals surface area contributed by atoms with Crippen LogP contribution in [0.25, 0.3) is 0 Å². The minimum Gasteiger partial charge on any atom is -0.375 e. The largest absolute Gasteiger partial charge is 0.375 e. The third-order valence-electron chi connectivity index (χ3n) is 2.61. The van der Waals surface area contributed by atoms with Gasteiger partial charge in [-0.25, -0.2) is 0 Å². The number of benzene rings is 1. The van der Waals surface area contributed by atoms with Gasteiger partial charge in [0.25, 0.3) is 0 Å². The highest BCUT2D eigenvalue weighted by Gasteiger charge is 2.10. The number of nitriles is 1. The van der Waals surface area contributed by atoms with E-state index < -0.39 is 0 Å². The van der Waals surface area contributed by atoms with Crippen molar-refractivity contribution in [1.82, 2.24) is 0 Å². The van der Waals surface area contributed by atoms with E-state index in [1.54, 1.807) is 23.5 Å². The molecule has 0 saturated heterocycles. The van der Waals surface area contributed by atoms with E-state index in [0.717, 1.165) is 21.3 Å². The van der Waals surface area contributed by atoms with Crippen molar-refractivity contribution in [2.75, 3.05) is 12.4 Å². The molecule has 6 heteroatoms. The van der Waals surface area contributed by atoms with Crippen molar-refractivity contribution >= 4 is 39.2 Å². The zero-order chi connectivity index (χ0) is 15.7. The second kappa shape index (κ2) is 9.29. The smallest absolute Gasteiger partial charge is 0.142 e. The van der Waals surface area contributed by atoms with Crippen molar-refractivity contribution < 1.29 is 4.79 Å². The van der Waals surface area contributed by atoms with Crippen LogP contribution in [-0.2, 0) is 11.2 Å². The fourth-order valence-electron chi connectivity index (χ4n) is 1.69. The Labute approximate surface area is 136 Å². The number of aldehydes is 1. The number of rotatable bonds is 5. The van der Waals surface area contributed by atoms with Gasteiger partial charge in [-0.3, -0.25) is 0 Å². The molecule has 2 rings (SSSR count). The van der Waals surface area contributed by atoms with Crippen molar-refractivity contribution in [2.45, 2.75) is 12.5 Å². The first-order chi connectivity index (χ1) is 10.2. The SMILES string of the molecule is CN.N#Cc1ccc(N[C@@H](C=O)Cc2cccs2)cc1Br. The molecule has 110 valence electrons. The minimum atomic E-state index is -0.265. The number of nitrogens with one attached hydrogen (secondary N) is 1. The normalized spacial score (nSPS) is 10.8. The predicted molar refractivity (Wildman–Crippen MR) is 90.5 cm³/mol. The van der Waals surface area contributed by atoms with Crippen molar-refractivity contribution in [3.05, 3.63) is 50.6 Å². The molecule has 4 nitrogen and oxygen atoms in total. The molecule has 3 N–H and O–H groups in total. The molecule has 0 radical (unpaired) electrons. The van der Waals surface area contributed by atoms with E-state index in [9.17, 15) is 4.79 Å². The predicted octanol–water partition coefficient (Wildman–Crippen LogP) is 3.18. The highest BCUT2D eigenvalue weighted by Crippen LogP contribution is 2.22. The molecule has 0 aliphatic rings. The Balaban J connectivity index is 0.00000106. The van der Waals surface area contributed by atoms with Gasteiger partial charge >= 0.3 is 0 Å². The van der Waals surface area contributed by atoms with E-state index in [-0.39, 0.29) is 6.04 Å². The maximum Gasteiger partial charge on any atom is 0.142 e. The van der Waals surface area contributed by atoms with Crippen LogP contribution in [0.4, 0.5) is 5.69 Å². The van der Waals surface area contributed by atoms with Crippen LogP contribution < -0.4 is 11.1 Å². The molecule has 0 aliphatic heterocycles. The second-order valence-electron chi connectivity index (χ2n) is 3.98. The molecule has 1 aromatic carbocycles. The number of hydrogen-bond acceptors (Lipinski definition) is 5. The van der Waals surface area contributed by atoms with Gasteiger partial charge < -0.3 is 15.8 Å². The molecule has 1 aromatic heterocycles. The molecule has 21 heavy (non-hydrogen) atoms. The number of nitrogens with zero attached hydrogens (tertiary/aromatic N) is 1. The second-order valence-corrected chi connectivity index (χ2v) is 5.86. The fraction of sp³-hybridized carbons (Fsp3) is 0.200. The topological polar surface area (TPSA) is 78.9 Å². The molecule has 0 bridgehead atoms. The summed E-state index contributed by atoms with van der Waals surface area (Å²) in [6.45, 7) is 0. The van der Waals surface area contributed by atoms with E-state index in [4.69, 9.17) is 5.26 Å². The van der Waals surface area contributed by atoms with E-state index >= 15 is 0 Å². The number of carbonyl (C=O) groups excluding carboxylic acids is 1. The molecule has 1 atom stereocenters. The molecule has 0 fully saturated rings. The molecule has 1 heterocycles. The number of hydrogen-bond donors (Lipinski definition) is 2. The fourth-order valence-corrected chi connectivity index (χ4v) is 2.92. The summed E-state index contributed by atoms with van der Waals surface area (Å²) in [6.07, 6.45) is 1.57. The Morgan fingerprint density at radius 1 is 1.48 bits per heavy atom. The molecule has 0 amide bonds. The summed E-state index contributed by atoms with van der Waals surface area (Å²) in [5.41, 5.74) is 5.89. The van der Waals surface area contributed by atoms with Gasteiger partial charge in [-0.1, -0.05) is 6.07 Å². The van der Waals surface area contributed by atoms with Gasteiger partial charge in [-0.15, -0.1) is 11.3 Å². The quantitative estimate of drug-likeness (QED) is 0.797. The summed E-state index contributed by atoms with van der Waals surface area (Å²) in [5, 5.41) is 14.0. The van der Waals surface area contributed by atoms with Crippen LogP contribution in [0.15, 0.2) is 40.2 Å². The van der Waals surface area contributed by atoms with Gasteiger partial charge in [-0.05, 0) is 52.6 Å². The molecule has 2 aromatic rings. The molecular formula is C15H16BrN3OS. The standard InChI is InChI=1S/C14H11BrN2OS.CH5N/c15-14-7-11(4-3-10(14)8-16)17-12(9-18)6-13-2-1-5-19-13;1-2/h1-5,7,9,12,17H,6H2;2H2,1H3/t12-;/m1./s1. The first-order valence-corrected chi connectivity index (χ1v) is 7.92. The summed E-state index contributed by atoms with van der Waals surface area (Å²) in [7, 11) is 1.50. The Hall–Kier alpha value is -1.68. The Morgan fingerprint density at radius 2 is 2.24 bits per heavy atom. The van der Waals surface area contributed by atoms with E-state index in [2.05, 4.69) is 33.0 Å². The lowest BCUT2D eigenvalue weighted by Gasteiger charge is -2.13. The Bertz CT molecular complexity index is 608. The summed E-state index contributed by atoms with van der Waals surface area (Å²) in [6, 6.07) is 11.1. The highest BCUT2D eigenvalue weighted by atomic mass is 79.9. The first kappa shape index (κ1) is 17.4. The zero-order valence-electron chi connectivity index (χ0n) is 11.5. The maximum atomic E-state index is 11.1.